The molecule has 1 fully saturated rings. The Balaban J connectivity index is 1.91. The Hall–Kier alpha value is -1.10. The molecular weight excluding hydrogens is 300 g/mol. The van der Waals surface area contributed by atoms with Crippen molar-refractivity contribution in [2.75, 3.05) is 39.3 Å². The normalized spacial score (nSPS) is 18.7. The molecule has 0 spiro atoms. The van der Waals surface area contributed by atoms with Crippen LogP contribution in [0, 0.1) is 0 Å². The highest BCUT2D eigenvalue weighted by Crippen LogP contribution is 2.19. The minimum absolute atomic E-state index is 0.0225. The predicted octanol–water partition coefficient (Wildman–Crippen LogP) is 2.45. The number of hydrogen-bond donors (Lipinski definition) is 0. The summed E-state index contributed by atoms with van der Waals surface area (Å²) in [5.41, 5.74) is 1.08. The van der Waals surface area contributed by atoms with Crippen LogP contribution in [-0.2, 0) is 16.0 Å². The number of halogens is 1. The van der Waals surface area contributed by atoms with Crippen LogP contribution in [0.15, 0.2) is 24.3 Å². The molecule has 0 N–H and O–H groups in total. The molecular formula is C17H25ClN2O2. The van der Waals surface area contributed by atoms with Crippen LogP contribution in [0.4, 0.5) is 0 Å². The fourth-order valence-corrected chi connectivity index (χ4v) is 2.93. The molecule has 1 aromatic carbocycles. The Bertz CT molecular complexity index is 491. The predicted molar refractivity (Wildman–Crippen MR) is 89.3 cm³/mol. The van der Waals surface area contributed by atoms with Gasteiger partial charge >= 0.3 is 0 Å². The number of carbonyl (C=O) groups is 1. The largest absolute Gasteiger partial charge is 0.374 e. The van der Waals surface area contributed by atoms with Crippen molar-refractivity contribution in [3.8, 4) is 0 Å². The average Bonchev–Trinajstić information content (AvgIpc) is 2.55. The second kappa shape index (κ2) is 8.51. The van der Waals surface area contributed by atoms with E-state index in [1.165, 1.54) is 0 Å². The Morgan fingerprint density at radius 1 is 1.36 bits per heavy atom. The number of likely N-dealkylation sites (N-methyl/N-ethyl adjacent to an activating group) is 1. The van der Waals surface area contributed by atoms with Gasteiger partial charge in [-0.1, -0.05) is 43.6 Å². The SMILES string of the molecule is CCN(CC)CC(=O)N1CCO[C@H](Cc2ccccc2Cl)C1. The third kappa shape index (κ3) is 4.70. The Morgan fingerprint density at radius 3 is 2.77 bits per heavy atom. The van der Waals surface area contributed by atoms with E-state index >= 15 is 0 Å². The van der Waals surface area contributed by atoms with Gasteiger partial charge in [0.1, 0.15) is 0 Å². The van der Waals surface area contributed by atoms with Crippen molar-refractivity contribution < 1.29 is 9.53 Å². The molecule has 1 amide bonds. The number of benzene rings is 1. The molecule has 5 heteroatoms. The van der Waals surface area contributed by atoms with Gasteiger partial charge in [0.05, 0.1) is 19.3 Å². The Morgan fingerprint density at radius 2 is 2.09 bits per heavy atom. The lowest BCUT2D eigenvalue weighted by Gasteiger charge is -2.34. The van der Waals surface area contributed by atoms with Crippen LogP contribution in [0.5, 0.6) is 0 Å². The molecule has 4 nitrogen and oxygen atoms in total. The van der Waals surface area contributed by atoms with Crippen LogP contribution in [-0.4, -0.2) is 61.1 Å². The lowest BCUT2D eigenvalue weighted by atomic mass is 10.1. The van der Waals surface area contributed by atoms with Crippen molar-refractivity contribution in [2.24, 2.45) is 0 Å². The Labute approximate surface area is 138 Å². The molecule has 0 unspecified atom stereocenters. The van der Waals surface area contributed by atoms with E-state index in [1.807, 2.05) is 29.2 Å². The van der Waals surface area contributed by atoms with Gasteiger partial charge in [0.2, 0.25) is 5.91 Å². The zero-order valence-electron chi connectivity index (χ0n) is 13.4. The molecule has 0 bridgehead atoms. The van der Waals surface area contributed by atoms with Crippen molar-refractivity contribution in [1.82, 2.24) is 9.80 Å². The minimum atomic E-state index is 0.0225. The van der Waals surface area contributed by atoms with E-state index in [9.17, 15) is 4.79 Å². The monoisotopic (exact) mass is 324 g/mol. The van der Waals surface area contributed by atoms with E-state index in [1.54, 1.807) is 0 Å². The minimum Gasteiger partial charge on any atom is -0.374 e. The summed E-state index contributed by atoms with van der Waals surface area (Å²) in [4.78, 5) is 16.5. The van der Waals surface area contributed by atoms with E-state index in [2.05, 4.69) is 18.7 Å². The molecule has 0 radical (unpaired) electrons. The molecule has 1 atom stereocenters. The van der Waals surface area contributed by atoms with Crippen LogP contribution < -0.4 is 0 Å². The number of carbonyl (C=O) groups excluding carboxylic acids is 1. The smallest absolute Gasteiger partial charge is 0.236 e. The number of nitrogens with zero attached hydrogens (tertiary/aromatic N) is 2. The van der Waals surface area contributed by atoms with Gasteiger partial charge in [-0.05, 0) is 24.7 Å². The highest BCUT2D eigenvalue weighted by atomic mass is 35.5. The Kier molecular flexibility index (Phi) is 6.68. The van der Waals surface area contributed by atoms with Crippen LogP contribution >= 0.6 is 11.6 Å². The van der Waals surface area contributed by atoms with Crippen LogP contribution in [0.2, 0.25) is 5.02 Å². The van der Waals surface area contributed by atoms with Gasteiger partial charge in [-0.2, -0.15) is 0 Å². The molecule has 122 valence electrons. The first-order valence-corrected chi connectivity index (χ1v) is 8.37. The zero-order chi connectivity index (χ0) is 15.9. The summed E-state index contributed by atoms with van der Waals surface area (Å²) in [5, 5.41) is 0.762. The van der Waals surface area contributed by atoms with Crippen LogP contribution in [0.25, 0.3) is 0 Å². The van der Waals surface area contributed by atoms with Gasteiger partial charge in [-0.25, -0.2) is 0 Å². The van der Waals surface area contributed by atoms with Crippen molar-refractivity contribution in [3.63, 3.8) is 0 Å². The topological polar surface area (TPSA) is 32.8 Å². The van der Waals surface area contributed by atoms with E-state index in [0.29, 0.717) is 26.2 Å². The van der Waals surface area contributed by atoms with Crippen molar-refractivity contribution in [3.05, 3.63) is 34.9 Å². The van der Waals surface area contributed by atoms with Crippen molar-refractivity contribution in [1.29, 1.82) is 0 Å². The van der Waals surface area contributed by atoms with Crippen LogP contribution in [0.3, 0.4) is 0 Å². The summed E-state index contributed by atoms with van der Waals surface area (Å²) in [6, 6.07) is 7.81. The number of hydrogen-bond acceptors (Lipinski definition) is 3. The standard InChI is InChI=1S/C17H25ClN2O2/c1-3-19(4-2)13-17(21)20-9-10-22-15(12-20)11-14-7-5-6-8-16(14)18/h5-8,15H,3-4,9-13H2,1-2H3/t15-/m1/s1. The number of morpholine rings is 1. The molecule has 1 aliphatic rings. The summed E-state index contributed by atoms with van der Waals surface area (Å²) in [6.07, 6.45) is 0.767. The van der Waals surface area contributed by atoms with Gasteiger partial charge < -0.3 is 9.64 Å². The van der Waals surface area contributed by atoms with E-state index in [0.717, 1.165) is 30.1 Å². The number of amides is 1. The summed E-state index contributed by atoms with van der Waals surface area (Å²) in [7, 11) is 0. The molecule has 2 rings (SSSR count). The maximum Gasteiger partial charge on any atom is 0.236 e. The highest BCUT2D eigenvalue weighted by Gasteiger charge is 2.25. The summed E-state index contributed by atoms with van der Waals surface area (Å²) in [5.74, 6) is 0.191. The second-order valence-electron chi connectivity index (χ2n) is 5.59. The molecule has 22 heavy (non-hydrogen) atoms. The van der Waals surface area contributed by atoms with Gasteiger partial charge in [-0.15, -0.1) is 0 Å². The van der Waals surface area contributed by atoms with E-state index in [-0.39, 0.29) is 12.0 Å². The lowest BCUT2D eigenvalue weighted by Crippen LogP contribution is -2.49. The maximum absolute atomic E-state index is 12.4. The highest BCUT2D eigenvalue weighted by molar-refractivity contribution is 6.31. The molecule has 1 aromatic rings. The van der Waals surface area contributed by atoms with Crippen molar-refractivity contribution in [2.45, 2.75) is 26.4 Å². The summed E-state index contributed by atoms with van der Waals surface area (Å²) < 4.78 is 5.81. The average molecular weight is 325 g/mol. The summed E-state index contributed by atoms with van der Waals surface area (Å²) in [6.45, 7) is 8.37. The first-order chi connectivity index (χ1) is 10.6. The third-order valence-electron chi connectivity index (χ3n) is 4.15. The van der Waals surface area contributed by atoms with Gasteiger partial charge in [-0.3, -0.25) is 9.69 Å². The molecule has 1 saturated heterocycles. The second-order valence-corrected chi connectivity index (χ2v) is 6.00. The van der Waals surface area contributed by atoms with Gasteiger partial charge in [0.15, 0.2) is 0 Å². The number of ether oxygens (including phenoxy) is 1. The molecule has 0 aliphatic carbocycles. The van der Waals surface area contributed by atoms with E-state index in [4.69, 9.17) is 16.3 Å². The summed E-state index contributed by atoms with van der Waals surface area (Å²) >= 11 is 6.21. The first kappa shape index (κ1) is 17.3. The zero-order valence-corrected chi connectivity index (χ0v) is 14.2. The van der Waals surface area contributed by atoms with E-state index < -0.39 is 0 Å². The number of rotatable bonds is 6. The van der Waals surface area contributed by atoms with Crippen molar-refractivity contribution >= 4 is 17.5 Å². The maximum atomic E-state index is 12.4. The molecule has 1 aliphatic heterocycles. The quantitative estimate of drug-likeness (QED) is 0.806. The first-order valence-electron chi connectivity index (χ1n) is 7.99. The molecule has 0 saturated carbocycles. The lowest BCUT2D eigenvalue weighted by molar-refractivity contribution is -0.139. The fraction of sp³-hybridized carbons (Fsp3) is 0.588. The molecule has 0 aromatic heterocycles. The van der Waals surface area contributed by atoms with Gasteiger partial charge in [0, 0.05) is 24.5 Å². The third-order valence-corrected chi connectivity index (χ3v) is 4.52. The van der Waals surface area contributed by atoms with Crippen LogP contribution in [0.1, 0.15) is 19.4 Å². The van der Waals surface area contributed by atoms with Gasteiger partial charge in [0.25, 0.3) is 0 Å². The molecule has 1 heterocycles. The fourth-order valence-electron chi connectivity index (χ4n) is 2.72.